The zero-order valence-corrected chi connectivity index (χ0v) is 14.3. The molecule has 25 heavy (non-hydrogen) atoms. The minimum absolute atomic E-state index is 0.0584. The minimum atomic E-state index is -0.447. The zero-order chi connectivity index (χ0) is 18.0. The molecule has 130 valence electrons. The Morgan fingerprint density at radius 3 is 2.64 bits per heavy atom. The van der Waals surface area contributed by atoms with Crippen LogP contribution in [-0.2, 0) is 4.79 Å². The van der Waals surface area contributed by atoms with Crippen molar-refractivity contribution in [2.24, 2.45) is 0 Å². The van der Waals surface area contributed by atoms with Crippen LogP contribution in [0.4, 0.5) is 20.6 Å². The molecule has 0 bridgehead atoms. The molecule has 2 aromatic rings. The van der Waals surface area contributed by atoms with Crippen LogP contribution in [0.3, 0.4) is 0 Å². The molecule has 2 aromatic carbocycles. The third kappa shape index (κ3) is 3.63. The van der Waals surface area contributed by atoms with Crippen molar-refractivity contribution in [2.75, 3.05) is 29.9 Å². The van der Waals surface area contributed by atoms with Crippen LogP contribution in [0.1, 0.15) is 11.1 Å². The van der Waals surface area contributed by atoms with Crippen molar-refractivity contribution in [3.05, 3.63) is 59.4 Å². The van der Waals surface area contributed by atoms with Crippen molar-refractivity contribution in [2.45, 2.75) is 13.8 Å². The molecule has 0 aliphatic carbocycles. The normalized spacial score (nSPS) is 14.1. The van der Waals surface area contributed by atoms with Crippen LogP contribution in [-0.4, -0.2) is 36.5 Å². The van der Waals surface area contributed by atoms with E-state index in [0.29, 0.717) is 13.1 Å². The first-order chi connectivity index (χ1) is 12.0. The summed E-state index contributed by atoms with van der Waals surface area (Å²) in [5, 5.41) is 2.83. The lowest BCUT2D eigenvalue weighted by Crippen LogP contribution is -2.37. The molecule has 1 saturated heterocycles. The monoisotopic (exact) mass is 341 g/mol. The molecule has 6 heteroatoms. The molecule has 1 fully saturated rings. The van der Waals surface area contributed by atoms with E-state index in [1.54, 1.807) is 18.2 Å². The standard InChI is InChI=1S/C19H20FN3O2/c1-13-7-8-16(14(2)11-13)21-18(24)12-22-9-10-23(19(22)25)17-6-4-3-5-15(17)20/h3-8,11H,9-10,12H2,1-2H3,(H,21,24). The predicted molar refractivity (Wildman–Crippen MR) is 95.3 cm³/mol. The second-order valence-corrected chi connectivity index (χ2v) is 6.17. The van der Waals surface area contributed by atoms with Gasteiger partial charge in [-0.05, 0) is 37.6 Å². The SMILES string of the molecule is Cc1ccc(NC(=O)CN2CCN(c3ccccc3F)C2=O)c(C)c1. The van der Waals surface area contributed by atoms with Gasteiger partial charge >= 0.3 is 6.03 Å². The van der Waals surface area contributed by atoms with E-state index in [4.69, 9.17) is 0 Å². The third-order valence-electron chi connectivity index (χ3n) is 4.23. The van der Waals surface area contributed by atoms with Gasteiger partial charge in [0.15, 0.2) is 0 Å². The lowest BCUT2D eigenvalue weighted by molar-refractivity contribution is -0.116. The number of para-hydroxylation sites is 1. The van der Waals surface area contributed by atoms with Gasteiger partial charge in [-0.15, -0.1) is 0 Å². The van der Waals surface area contributed by atoms with Gasteiger partial charge in [0.2, 0.25) is 5.91 Å². The molecule has 3 amide bonds. The van der Waals surface area contributed by atoms with Crippen molar-refractivity contribution in [1.29, 1.82) is 0 Å². The van der Waals surface area contributed by atoms with Gasteiger partial charge in [0, 0.05) is 18.8 Å². The largest absolute Gasteiger partial charge is 0.325 e. The molecule has 1 aliphatic rings. The molecule has 0 saturated carbocycles. The number of carbonyl (C=O) groups is 2. The van der Waals surface area contributed by atoms with E-state index in [-0.39, 0.29) is 24.2 Å². The summed E-state index contributed by atoms with van der Waals surface area (Å²) in [6, 6.07) is 11.5. The van der Waals surface area contributed by atoms with E-state index in [2.05, 4.69) is 5.32 Å². The molecule has 0 aromatic heterocycles. The third-order valence-corrected chi connectivity index (χ3v) is 4.23. The fraction of sp³-hybridized carbons (Fsp3) is 0.263. The Morgan fingerprint density at radius 1 is 1.16 bits per heavy atom. The van der Waals surface area contributed by atoms with Crippen molar-refractivity contribution >= 4 is 23.3 Å². The highest BCUT2D eigenvalue weighted by molar-refractivity contribution is 5.99. The smallest absolute Gasteiger partial charge is 0.324 e. The number of aryl methyl sites for hydroxylation is 2. The fourth-order valence-corrected chi connectivity index (χ4v) is 2.94. The Labute approximate surface area is 146 Å². The van der Waals surface area contributed by atoms with Gasteiger partial charge in [-0.2, -0.15) is 0 Å². The Balaban J connectivity index is 1.65. The fourth-order valence-electron chi connectivity index (χ4n) is 2.94. The van der Waals surface area contributed by atoms with E-state index in [9.17, 15) is 14.0 Å². The average Bonchev–Trinajstić information content (AvgIpc) is 2.91. The van der Waals surface area contributed by atoms with Gasteiger partial charge in [0.1, 0.15) is 12.4 Å². The molecule has 1 N–H and O–H groups in total. The van der Waals surface area contributed by atoms with Crippen LogP contribution < -0.4 is 10.2 Å². The van der Waals surface area contributed by atoms with Crippen molar-refractivity contribution in [1.82, 2.24) is 4.90 Å². The average molecular weight is 341 g/mol. The van der Waals surface area contributed by atoms with E-state index in [1.807, 2.05) is 32.0 Å². The summed E-state index contributed by atoms with van der Waals surface area (Å²) in [5.74, 6) is -0.715. The highest BCUT2D eigenvalue weighted by Crippen LogP contribution is 2.23. The Kier molecular flexibility index (Phi) is 4.70. The summed E-state index contributed by atoms with van der Waals surface area (Å²) in [4.78, 5) is 27.5. The van der Waals surface area contributed by atoms with Gasteiger partial charge in [0.05, 0.1) is 5.69 Å². The van der Waals surface area contributed by atoms with Crippen LogP contribution in [0, 0.1) is 19.7 Å². The number of urea groups is 1. The molecular weight excluding hydrogens is 321 g/mol. The highest BCUT2D eigenvalue weighted by Gasteiger charge is 2.32. The van der Waals surface area contributed by atoms with Crippen LogP contribution >= 0.6 is 0 Å². The first-order valence-electron chi connectivity index (χ1n) is 8.14. The maximum absolute atomic E-state index is 13.9. The van der Waals surface area contributed by atoms with Crippen LogP contribution in [0.25, 0.3) is 0 Å². The van der Waals surface area contributed by atoms with Crippen molar-refractivity contribution < 1.29 is 14.0 Å². The first kappa shape index (κ1) is 17.0. The van der Waals surface area contributed by atoms with E-state index >= 15 is 0 Å². The summed E-state index contributed by atoms with van der Waals surface area (Å²) in [5.41, 5.74) is 3.05. The summed E-state index contributed by atoms with van der Waals surface area (Å²) < 4.78 is 13.9. The Hall–Kier alpha value is -2.89. The number of hydrogen-bond acceptors (Lipinski definition) is 2. The van der Waals surface area contributed by atoms with E-state index in [1.165, 1.54) is 15.9 Å². The molecule has 3 rings (SSSR count). The van der Waals surface area contributed by atoms with Crippen LogP contribution in [0.5, 0.6) is 0 Å². The van der Waals surface area contributed by atoms with Crippen molar-refractivity contribution in [3.63, 3.8) is 0 Å². The number of nitrogens with zero attached hydrogens (tertiary/aromatic N) is 2. The number of nitrogens with one attached hydrogen (secondary N) is 1. The molecule has 0 radical (unpaired) electrons. The predicted octanol–water partition coefficient (Wildman–Crippen LogP) is 3.32. The summed E-state index contributed by atoms with van der Waals surface area (Å²) >= 11 is 0. The number of rotatable bonds is 4. The van der Waals surface area contributed by atoms with Gasteiger partial charge in [-0.1, -0.05) is 29.8 Å². The van der Waals surface area contributed by atoms with E-state index in [0.717, 1.165) is 16.8 Å². The van der Waals surface area contributed by atoms with Gasteiger partial charge in [-0.25, -0.2) is 9.18 Å². The van der Waals surface area contributed by atoms with Crippen LogP contribution in [0.2, 0.25) is 0 Å². The van der Waals surface area contributed by atoms with Gasteiger partial charge in [-0.3, -0.25) is 9.69 Å². The minimum Gasteiger partial charge on any atom is -0.324 e. The van der Waals surface area contributed by atoms with Crippen molar-refractivity contribution in [3.8, 4) is 0 Å². The van der Waals surface area contributed by atoms with Gasteiger partial charge < -0.3 is 10.2 Å². The number of hydrogen-bond donors (Lipinski definition) is 1. The lowest BCUT2D eigenvalue weighted by Gasteiger charge is -2.19. The summed E-state index contributed by atoms with van der Waals surface area (Å²) in [6.45, 7) is 4.59. The second kappa shape index (κ2) is 6.93. The number of amides is 3. The van der Waals surface area contributed by atoms with Gasteiger partial charge in [0.25, 0.3) is 0 Å². The van der Waals surface area contributed by atoms with Crippen LogP contribution in [0.15, 0.2) is 42.5 Å². The second-order valence-electron chi connectivity index (χ2n) is 6.17. The molecule has 5 nitrogen and oxygen atoms in total. The first-order valence-corrected chi connectivity index (χ1v) is 8.14. The Morgan fingerprint density at radius 2 is 1.92 bits per heavy atom. The summed E-state index contributed by atoms with van der Waals surface area (Å²) in [6.07, 6.45) is 0. The molecule has 0 unspecified atom stereocenters. The summed E-state index contributed by atoms with van der Waals surface area (Å²) in [7, 11) is 0. The molecule has 1 aliphatic heterocycles. The number of benzene rings is 2. The molecule has 1 heterocycles. The van der Waals surface area contributed by atoms with E-state index < -0.39 is 5.82 Å². The number of anilines is 2. The maximum Gasteiger partial charge on any atom is 0.325 e. The number of carbonyl (C=O) groups excluding carboxylic acids is 2. The lowest BCUT2D eigenvalue weighted by atomic mass is 10.1. The topological polar surface area (TPSA) is 52.7 Å². The molecule has 0 spiro atoms. The maximum atomic E-state index is 13.9. The number of halogens is 1. The quantitative estimate of drug-likeness (QED) is 0.927. The zero-order valence-electron chi connectivity index (χ0n) is 14.3. The molecular formula is C19H20FN3O2. The highest BCUT2D eigenvalue weighted by atomic mass is 19.1. The molecule has 0 atom stereocenters. The Bertz CT molecular complexity index is 822.